The van der Waals surface area contributed by atoms with Crippen molar-refractivity contribution in [3.05, 3.63) is 188 Å². The third-order valence-corrected chi connectivity index (χ3v) is 11.8. The average Bonchev–Trinajstić information content (AvgIpc) is 3.81. The molecule has 0 aliphatic rings. The van der Waals surface area contributed by atoms with E-state index in [-0.39, 0.29) is 0 Å². The summed E-state index contributed by atoms with van der Waals surface area (Å²) < 4.78 is 9.34. The molecule has 2 heterocycles. The minimum Gasteiger partial charge on any atom is -0.455 e. The maximum absolute atomic E-state index is 6.75. The van der Waals surface area contributed by atoms with Crippen molar-refractivity contribution >= 4 is 92.1 Å². The minimum absolute atomic E-state index is 0.868. The summed E-state index contributed by atoms with van der Waals surface area (Å²) in [5.74, 6) is 0. The largest absolute Gasteiger partial charge is 0.455 e. The van der Waals surface area contributed by atoms with Crippen LogP contribution in [0.3, 0.4) is 0 Å². The number of hydrogen-bond donors (Lipinski definition) is 0. The number of rotatable bonds is 5. The Kier molecular flexibility index (Phi) is 6.76. The van der Waals surface area contributed by atoms with Gasteiger partial charge in [0, 0.05) is 42.2 Å². The fourth-order valence-corrected chi connectivity index (χ4v) is 9.45. The van der Waals surface area contributed by atoms with E-state index in [1.54, 1.807) is 0 Å². The molecular weight excluding hydrogens is 663 g/mol. The number of furan rings is 1. The molecule has 0 atom stereocenters. The first-order chi connectivity index (χ1) is 26.3. The molecule has 53 heavy (non-hydrogen) atoms. The van der Waals surface area contributed by atoms with Crippen LogP contribution < -0.4 is 4.90 Å². The zero-order valence-corrected chi connectivity index (χ0v) is 29.5. The summed E-state index contributed by atoms with van der Waals surface area (Å²) in [6.45, 7) is 0. The molecule has 3 heteroatoms. The van der Waals surface area contributed by atoms with Gasteiger partial charge in [-0.1, -0.05) is 140 Å². The second-order valence-corrected chi connectivity index (χ2v) is 14.7. The van der Waals surface area contributed by atoms with Crippen LogP contribution in [0.25, 0.3) is 85.9 Å². The molecule has 0 amide bonds. The van der Waals surface area contributed by atoms with Crippen molar-refractivity contribution in [3.63, 3.8) is 0 Å². The Morgan fingerprint density at radius 3 is 1.96 bits per heavy atom. The number of nitrogens with zero attached hydrogens (tertiary/aromatic N) is 1. The second-order valence-electron chi connectivity index (χ2n) is 13.6. The lowest BCUT2D eigenvalue weighted by Gasteiger charge is -2.29. The molecule has 2 nitrogen and oxygen atoms in total. The fourth-order valence-electron chi connectivity index (χ4n) is 8.31. The van der Waals surface area contributed by atoms with Crippen LogP contribution in [-0.2, 0) is 0 Å². The van der Waals surface area contributed by atoms with E-state index in [2.05, 4.69) is 193 Å². The van der Waals surface area contributed by atoms with E-state index in [1.165, 1.54) is 58.6 Å². The zero-order chi connectivity index (χ0) is 34.9. The number of fused-ring (bicyclic) bond motifs is 9. The van der Waals surface area contributed by atoms with Gasteiger partial charge in [0.25, 0.3) is 0 Å². The molecule has 0 fully saturated rings. The smallest absolute Gasteiger partial charge is 0.143 e. The first kappa shape index (κ1) is 30.0. The molecule has 0 radical (unpaired) electrons. The topological polar surface area (TPSA) is 16.4 Å². The van der Waals surface area contributed by atoms with Gasteiger partial charge in [-0.25, -0.2) is 0 Å². The van der Waals surface area contributed by atoms with Crippen LogP contribution in [0.2, 0.25) is 0 Å². The van der Waals surface area contributed by atoms with E-state index < -0.39 is 0 Å². The van der Waals surface area contributed by atoms with E-state index in [9.17, 15) is 0 Å². The Morgan fingerprint density at radius 2 is 1.04 bits per heavy atom. The molecule has 0 bridgehead atoms. The first-order valence-electron chi connectivity index (χ1n) is 18.0. The summed E-state index contributed by atoms with van der Waals surface area (Å²) >= 11 is 1.86. The molecule has 0 aliphatic heterocycles. The Balaban J connectivity index is 1.22. The molecule has 0 saturated heterocycles. The van der Waals surface area contributed by atoms with Crippen molar-refractivity contribution in [2.24, 2.45) is 0 Å². The summed E-state index contributed by atoms with van der Waals surface area (Å²) in [6, 6.07) is 68.0. The van der Waals surface area contributed by atoms with E-state index in [4.69, 9.17) is 4.42 Å². The molecule has 11 rings (SSSR count). The van der Waals surface area contributed by atoms with Crippen molar-refractivity contribution < 1.29 is 4.42 Å². The minimum atomic E-state index is 0.868. The highest BCUT2D eigenvalue weighted by Gasteiger charge is 2.24. The van der Waals surface area contributed by atoms with E-state index in [1.807, 2.05) is 11.3 Å². The van der Waals surface area contributed by atoms with Gasteiger partial charge in [-0.3, -0.25) is 0 Å². The lowest BCUT2D eigenvalue weighted by Crippen LogP contribution is -2.11. The van der Waals surface area contributed by atoms with Crippen LogP contribution in [0.15, 0.2) is 192 Å². The van der Waals surface area contributed by atoms with Gasteiger partial charge in [0.15, 0.2) is 0 Å². The third kappa shape index (κ3) is 4.71. The van der Waals surface area contributed by atoms with Crippen LogP contribution >= 0.6 is 11.3 Å². The van der Waals surface area contributed by atoms with E-state index in [0.29, 0.717) is 0 Å². The summed E-state index contributed by atoms with van der Waals surface area (Å²) in [5.41, 5.74) is 9.81. The van der Waals surface area contributed by atoms with Crippen molar-refractivity contribution in [2.45, 2.75) is 0 Å². The summed E-state index contributed by atoms with van der Waals surface area (Å²) in [5, 5.41) is 9.54. The van der Waals surface area contributed by atoms with Crippen molar-refractivity contribution in [1.82, 2.24) is 0 Å². The van der Waals surface area contributed by atoms with Gasteiger partial charge in [-0.2, -0.15) is 0 Å². The molecule has 0 saturated carbocycles. The number of hydrogen-bond acceptors (Lipinski definition) is 3. The van der Waals surface area contributed by atoms with Crippen LogP contribution in [-0.4, -0.2) is 0 Å². The standard InChI is InChI=1S/C50H31NOS/c1-3-18-36-32(13-1)15-10-22-37(36)34-16-9-17-35(31-34)51(44-25-12-26-45-49(44)42-30-29-33-14-2-4-19-38(33)50(42)52-45)43-24-7-5-20-39(43)40-23-11-28-47-48(40)41-21-6-8-27-46(41)53-47/h1-31H. The highest BCUT2D eigenvalue weighted by molar-refractivity contribution is 7.25. The highest BCUT2D eigenvalue weighted by atomic mass is 32.1. The SMILES string of the molecule is c1cc(-c2cccc3ccccc23)cc(N(c2ccccc2-c2cccc3sc4ccccc4c23)c2cccc3oc4c5ccccc5ccc4c23)c1. The Hall–Kier alpha value is -6.68. The van der Waals surface area contributed by atoms with Crippen molar-refractivity contribution in [2.75, 3.05) is 4.90 Å². The molecule has 0 aliphatic carbocycles. The van der Waals surface area contributed by atoms with E-state index in [0.717, 1.165) is 44.4 Å². The number of benzene rings is 9. The lowest BCUT2D eigenvalue weighted by atomic mass is 9.95. The third-order valence-electron chi connectivity index (χ3n) is 10.6. The van der Waals surface area contributed by atoms with Crippen LogP contribution in [0.5, 0.6) is 0 Å². The Morgan fingerprint density at radius 1 is 0.396 bits per heavy atom. The quantitative estimate of drug-likeness (QED) is 0.178. The lowest BCUT2D eigenvalue weighted by molar-refractivity contribution is 0.672. The number of thiophene rings is 1. The fraction of sp³-hybridized carbons (Fsp3) is 0. The summed E-state index contributed by atoms with van der Waals surface area (Å²) in [6.07, 6.45) is 0. The van der Waals surface area contributed by atoms with E-state index >= 15 is 0 Å². The van der Waals surface area contributed by atoms with Gasteiger partial charge < -0.3 is 9.32 Å². The van der Waals surface area contributed by atoms with Gasteiger partial charge in [0.05, 0.1) is 16.8 Å². The molecule has 0 spiro atoms. The normalized spacial score (nSPS) is 11.8. The highest BCUT2D eigenvalue weighted by Crippen LogP contribution is 2.49. The molecule has 9 aromatic carbocycles. The predicted molar refractivity (Wildman–Crippen MR) is 227 cm³/mol. The first-order valence-corrected chi connectivity index (χ1v) is 18.8. The molecule has 0 unspecified atom stereocenters. The Labute approximate surface area is 310 Å². The maximum Gasteiger partial charge on any atom is 0.143 e. The number of anilines is 3. The number of para-hydroxylation sites is 1. The van der Waals surface area contributed by atoms with Crippen LogP contribution in [0.4, 0.5) is 17.1 Å². The second kappa shape index (κ2) is 11.9. The summed E-state index contributed by atoms with van der Waals surface area (Å²) in [7, 11) is 0. The van der Waals surface area contributed by atoms with Crippen molar-refractivity contribution in [1.29, 1.82) is 0 Å². The monoisotopic (exact) mass is 693 g/mol. The van der Waals surface area contributed by atoms with Crippen molar-refractivity contribution in [3.8, 4) is 22.3 Å². The molecule has 11 aromatic rings. The molecule has 0 N–H and O–H groups in total. The molecular formula is C50H31NOS. The predicted octanol–water partition coefficient (Wildman–Crippen LogP) is 15.1. The van der Waals surface area contributed by atoms with Gasteiger partial charge in [-0.15, -0.1) is 11.3 Å². The van der Waals surface area contributed by atoms with Gasteiger partial charge in [0.2, 0.25) is 0 Å². The van der Waals surface area contributed by atoms with Crippen LogP contribution in [0, 0.1) is 0 Å². The maximum atomic E-state index is 6.75. The zero-order valence-electron chi connectivity index (χ0n) is 28.7. The Bertz CT molecular complexity index is 3200. The summed E-state index contributed by atoms with van der Waals surface area (Å²) in [4.78, 5) is 2.45. The van der Waals surface area contributed by atoms with Crippen LogP contribution in [0.1, 0.15) is 0 Å². The van der Waals surface area contributed by atoms with Gasteiger partial charge >= 0.3 is 0 Å². The van der Waals surface area contributed by atoms with Gasteiger partial charge in [0.1, 0.15) is 11.2 Å². The average molecular weight is 694 g/mol. The molecule has 2 aromatic heterocycles. The van der Waals surface area contributed by atoms with Gasteiger partial charge in [-0.05, 0) is 81.4 Å². The molecule has 248 valence electrons.